The highest BCUT2D eigenvalue weighted by molar-refractivity contribution is 5.83. The number of rotatable bonds is 5. The largest absolute Gasteiger partial charge is 0.504 e. The maximum Gasteiger partial charge on any atom is 0.168 e. The number of hydrogen-bond acceptors (Lipinski definition) is 5. The Morgan fingerprint density at radius 1 is 1.03 bits per heavy atom. The van der Waals surface area contributed by atoms with Crippen molar-refractivity contribution in [3.63, 3.8) is 0 Å². The third-order valence-corrected chi connectivity index (χ3v) is 5.73. The predicted molar refractivity (Wildman–Crippen MR) is 123 cm³/mol. The van der Waals surface area contributed by atoms with E-state index in [9.17, 15) is 10.4 Å². The lowest BCUT2D eigenvalue weighted by atomic mass is 10.1. The first-order valence-electron chi connectivity index (χ1n) is 10.7. The van der Waals surface area contributed by atoms with Crippen molar-refractivity contribution in [1.29, 1.82) is 5.26 Å². The molecule has 158 valence electrons. The van der Waals surface area contributed by atoms with Gasteiger partial charge >= 0.3 is 0 Å². The number of phenolic OH excluding ortho intramolecular Hbond substituents is 1. The average molecular weight is 422 g/mol. The molecule has 4 aromatic rings. The maximum atomic E-state index is 10.4. The van der Waals surface area contributed by atoms with Crippen LogP contribution in [0.25, 0.3) is 29.0 Å². The van der Waals surface area contributed by atoms with Crippen LogP contribution < -0.4 is 4.74 Å². The Balaban J connectivity index is 1.60. The zero-order valence-corrected chi connectivity index (χ0v) is 17.5. The average Bonchev–Trinajstić information content (AvgIpc) is 3.47. The SMILES string of the molecule is N#Cc1cccnc1-n1c(/C=C/c2cccc(O)c2OC2CCCC2)nc2ccccc21. The van der Waals surface area contributed by atoms with E-state index >= 15 is 0 Å². The van der Waals surface area contributed by atoms with Crippen LogP contribution in [-0.4, -0.2) is 25.7 Å². The van der Waals surface area contributed by atoms with Crippen molar-refractivity contribution in [3.8, 4) is 23.4 Å². The monoisotopic (exact) mass is 422 g/mol. The Labute approximate surface area is 186 Å². The first kappa shape index (κ1) is 19.8. The number of aromatic nitrogens is 3. The molecule has 0 atom stereocenters. The van der Waals surface area contributed by atoms with Gasteiger partial charge in [-0.2, -0.15) is 5.26 Å². The Kier molecular flexibility index (Phi) is 5.30. The number of aromatic hydroxyl groups is 1. The van der Waals surface area contributed by atoms with Gasteiger partial charge in [-0.15, -0.1) is 0 Å². The molecule has 0 aliphatic heterocycles. The number of hydrogen-bond donors (Lipinski definition) is 1. The summed E-state index contributed by atoms with van der Waals surface area (Å²) in [7, 11) is 0. The van der Waals surface area contributed by atoms with E-state index in [-0.39, 0.29) is 11.9 Å². The molecule has 2 heterocycles. The maximum absolute atomic E-state index is 10.4. The molecule has 0 bridgehead atoms. The highest BCUT2D eigenvalue weighted by Crippen LogP contribution is 2.35. The minimum atomic E-state index is 0.129. The number of ether oxygens (including phenoxy) is 1. The highest BCUT2D eigenvalue weighted by Gasteiger charge is 2.20. The van der Waals surface area contributed by atoms with Crippen LogP contribution in [0.5, 0.6) is 11.5 Å². The molecule has 1 aliphatic rings. The van der Waals surface area contributed by atoms with E-state index < -0.39 is 0 Å². The molecule has 6 heteroatoms. The lowest BCUT2D eigenvalue weighted by molar-refractivity contribution is 0.201. The van der Waals surface area contributed by atoms with Gasteiger partial charge in [0.05, 0.1) is 22.7 Å². The number of pyridine rings is 1. The zero-order chi connectivity index (χ0) is 21.9. The summed E-state index contributed by atoms with van der Waals surface area (Å²) < 4.78 is 8.03. The van der Waals surface area contributed by atoms with Crippen molar-refractivity contribution < 1.29 is 9.84 Å². The molecule has 2 aromatic heterocycles. The standard InChI is InChI=1S/C26H22N4O2/c27-17-19-8-6-16-28-26(19)30-22-12-4-3-11-21(22)29-24(30)15-14-18-7-5-13-23(31)25(18)32-20-9-1-2-10-20/h3-8,11-16,20,31H,1-2,9-10H2/b15-14+. The van der Waals surface area contributed by atoms with Gasteiger partial charge in [0.2, 0.25) is 0 Å². The smallest absolute Gasteiger partial charge is 0.168 e. The lowest BCUT2D eigenvalue weighted by Crippen LogP contribution is -2.11. The third kappa shape index (κ3) is 3.69. The van der Waals surface area contributed by atoms with Crippen molar-refractivity contribution in [2.24, 2.45) is 0 Å². The first-order chi connectivity index (χ1) is 15.7. The molecule has 1 N–H and O–H groups in total. The topological polar surface area (TPSA) is 84.0 Å². The number of nitrogens with zero attached hydrogens (tertiary/aromatic N) is 4. The number of nitriles is 1. The molecule has 1 fully saturated rings. The van der Waals surface area contributed by atoms with Gasteiger partial charge in [-0.1, -0.05) is 24.3 Å². The van der Waals surface area contributed by atoms with Crippen molar-refractivity contribution >= 4 is 23.2 Å². The molecule has 1 saturated carbocycles. The number of fused-ring (bicyclic) bond motifs is 1. The summed E-state index contributed by atoms with van der Waals surface area (Å²) >= 11 is 0. The van der Waals surface area contributed by atoms with E-state index in [0.717, 1.165) is 42.3 Å². The molecule has 0 amide bonds. The van der Waals surface area contributed by atoms with E-state index in [1.54, 1.807) is 30.5 Å². The summed E-state index contributed by atoms with van der Waals surface area (Å²) in [6.07, 6.45) is 9.86. The predicted octanol–water partition coefficient (Wildman–Crippen LogP) is 5.49. The van der Waals surface area contributed by atoms with E-state index in [0.29, 0.717) is 23.0 Å². The van der Waals surface area contributed by atoms with Gasteiger partial charge in [0.1, 0.15) is 11.9 Å². The summed E-state index contributed by atoms with van der Waals surface area (Å²) in [6.45, 7) is 0. The summed E-state index contributed by atoms with van der Waals surface area (Å²) in [6, 6.07) is 18.8. The molecular formula is C26H22N4O2. The second-order valence-electron chi connectivity index (χ2n) is 7.83. The second-order valence-corrected chi connectivity index (χ2v) is 7.83. The van der Waals surface area contributed by atoms with Crippen LogP contribution in [0, 0.1) is 11.3 Å². The van der Waals surface area contributed by atoms with Gasteiger partial charge in [-0.05, 0) is 68.2 Å². The fraction of sp³-hybridized carbons (Fsp3) is 0.192. The van der Waals surface area contributed by atoms with Crippen molar-refractivity contribution in [3.05, 3.63) is 77.7 Å². The van der Waals surface area contributed by atoms with Crippen LogP contribution in [-0.2, 0) is 0 Å². The van der Waals surface area contributed by atoms with Crippen LogP contribution in [0.2, 0.25) is 0 Å². The van der Waals surface area contributed by atoms with Crippen LogP contribution in [0.15, 0.2) is 60.8 Å². The van der Waals surface area contributed by atoms with Gasteiger partial charge in [-0.25, -0.2) is 9.97 Å². The third-order valence-electron chi connectivity index (χ3n) is 5.73. The van der Waals surface area contributed by atoms with Gasteiger partial charge in [0.25, 0.3) is 0 Å². The Hall–Kier alpha value is -4.11. The molecule has 32 heavy (non-hydrogen) atoms. The summed E-state index contributed by atoms with van der Waals surface area (Å²) in [5, 5.41) is 20.0. The van der Waals surface area contributed by atoms with Crippen LogP contribution >= 0.6 is 0 Å². The van der Waals surface area contributed by atoms with Crippen LogP contribution in [0.1, 0.15) is 42.6 Å². The zero-order valence-electron chi connectivity index (χ0n) is 17.5. The summed E-state index contributed by atoms with van der Waals surface area (Å²) in [5.41, 5.74) is 2.91. The molecule has 2 aromatic carbocycles. The Morgan fingerprint density at radius 3 is 2.72 bits per heavy atom. The summed E-state index contributed by atoms with van der Waals surface area (Å²) in [5.74, 6) is 1.79. The minimum Gasteiger partial charge on any atom is -0.504 e. The molecule has 1 aliphatic carbocycles. The molecule has 0 unspecified atom stereocenters. The quantitative estimate of drug-likeness (QED) is 0.460. The number of imidazole rings is 1. The molecular weight excluding hydrogens is 400 g/mol. The molecule has 5 rings (SSSR count). The van der Waals surface area contributed by atoms with Crippen LogP contribution in [0.4, 0.5) is 0 Å². The molecule has 0 saturated heterocycles. The Morgan fingerprint density at radius 2 is 1.88 bits per heavy atom. The van der Waals surface area contributed by atoms with Gasteiger partial charge in [0, 0.05) is 11.8 Å². The highest BCUT2D eigenvalue weighted by atomic mass is 16.5. The van der Waals surface area contributed by atoms with E-state index in [1.165, 1.54) is 0 Å². The number of para-hydroxylation sites is 3. The van der Waals surface area contributed by atoms with E-state index in [2.05, 4.69) is 11.1 Å². The van der Waals surface area contributed by atoms with Gasteiger partial charge in [0.15, 0.2) is 17.3 Å². The van der Waals surface area contributed by atoms with Crippen LogP contribution in [0.3, 0.4) is 0 Å². The van der Waals surface area contributed by atoms with E-state index in [4.69, 9.17) is 9.72 Å². The fourth-order valence-electron chi connectivity index (χ4n) is 4.18. The minimum absolute atomic E-state index is 0.129. The molecule has 0 spiro atoms. The first-order valence-corrected chi connectivity index (χ1v) is 10.7. The normalized spacial score (nSPS) is 14.2. The van der Waals surface area contributed by atoms with Gasteiger partial charge in [-0.3, -0.25) is 4.57 Å². The van der Waals surface area contributed by atoms with Crippen molar-refractivity contribution in [1.82, 2.24) is 14.5 Å². The molecule has 0 radical (unpaired) electrons. The lowest BCUT2D eigenvalue weighted by Gasteiger charge is -2.16. The van der Waals surface area contributed by atoms with Crippen molar-refractivity contribution in [2.45, 2.75) is 31.8 Å². The van der Waals surface area contributed by atoms with E-state index in [1.807, 2.05) is 47.1 Å². The fourth-order valence-corrected chi connectivity index (χ4v) is 4.18. The Bertz CT molecular complexity index is 1340. The molecule has 6 nitrogen and oxygen atoms in total. The van der Waals surface area contributed by atoms with Crippen molar-refractivity contribution in [2.75, 3.05) is 0 Å². The number of benzene rings is 2. The van der Waals surface area contributed by atoms with Gasteiger partial charge < -0.3 is 9.84 Å². The number of phenols is 1. The summed E-state index contributed by atoms with van der Waals surface area (Å²) in [4.78, 5) is 9.22. The second kappa shape index (κ2) is 8.56.